The highest BCUT2D eigenvalue weighted by Gasteiger charge is 2.32. The molecule has 4 rings (SSSR count). The van der Waals surface area contributed by atoms with E-state index in [9.17, 15) is 4.79 Å². The van der Waals surface area contributed by atoms with Crippen LogP contribution in [0.2, 0.25) is 0 Å². The van der Waals surface area contributed by atoms with Gasteiger partial charge in [-0.3, -0.25) is 9.89 Å². The van der Waals surface area contributed by atoms with Crippen LogP contribution in [0.3, 0.4) is 0 Å². The van der Waals surface area contributed by atoms with Gasteiger partial charge in [0.15, 0.2) is 0 Å². The summed E-state index contributed by atoms with van der Waals surface area (Å²) in [7, 11) is 0. The van der Waals surface area contributed by atoms with E-state index in [1.807, 2.05) is 13.0 Å². The summed E-state index contributed by atoms with van der Waals surface area (Å²) >= 11 is 1.46. The molecule has 4 heterocycles. The number of fused-ring (bicyclic) bond motifs is 1. The summed E-state index contributed by atoms with van der Waals surface area (Å²) in [6, 6.07) is 2.10. The fraction of sp³-hybridized carbons (Fsp3) is 0.438. The lowest BCUT2D eigenvalue weighted by atomic mass is 9.94. The number of aryl methyl sites for hydroxylation is 1. The van der Waals surface area contributed by atoms with E-state index < -0.39 is 0 Å². The lowest BCUT2D eigenvalue weighted by Gasteiger charge is -2.16. The third-order valence-electron chi connectivity index (χ3n) is 4.87. The Balaban J connectivity index is 1.82. The molecule has 0 saturated carbocycles. The van der Waals surface area contributed by atoms with Crippen molar-refractivity contribution in [1.82, 2.24) is 25.5 Å². The van der Waals surface area contributed by atoms with Gasteiger partial charge in [-0.15, -0.1) is 11.3 Å². The molecule has 6 nitrogen and oxygen atoms in total. The molecule has 120 valence electrons. The minimum Gasteiger partial charge on any atom is -0.308 e. The molecule has 7 heteroatoms. The first kappa shape index (κ1) is 14.6. The van der Waals surface area contributed by atoms with Gasteiger partial charge in [-0.25, -0.2) is 4.98 Å². The molecule has 1 saturated heterocycles. The Bertz CT molecular complexity index is 924. The average Bonchev–Trinajstić information content (AvgIpc) is 3.19. The molecule has 0 aliphatic carbocycles. The van der Waals surface area contributed by atoms with Crippen LogP contribution >= 0.6 is 11.3 Å². The van der Waals surface area contributed by atoms with Gasteiger partial charge in [0.05, 0.1) is 17.8 Å². The van der Waals surface area contributed by atoms with Crippen LogP contribution in [-0.4, -0.2) is 26.7 Å². The van der Waals surface area contributed by atoms with Crippen molar-refractivity contribution in [3.63, 3.8) is 0 Å². The van der Waals surface area contributed by atoms with Gasteiger partial charge < -0.3 is 10.3 Å². The number of thiophene rings is 1. The van der Waals surface area contributed by atoms with Crippen LogP contribution in [0.4, 0.5) is 0 Å². The molecule has 2 unspecified atom stereocenters. The SMILES string of the molecule is Cc1[nH]ncc1-c1cc2nc(C3NC[C@H](C)C3C)[nH]c(=O)c2s1. The number of nitrogens with zero attached hydrogens (tertiary/aromatic N) is 2. The molecule has 0 spiro atoms. The Hall–Kier alpha value is -1.99. The van der Waals surface area contributed by atoms with Crippen LogP contribution in [0.25, 0.3) is 20.7 Å². The molecule has 0 radical (unpaired) electrons. The Labute approximate surface area is 137 Å². The van der Waals surface area contributed by atoms with Crippen molar-refractivity contribution in [1.29, 1.82) is 0 Å². The number of H-pyrrole nitrogens is 2. The van der Waals surface area contributed by atoms with Gasteiger partial charge in [-0.1, -0.05) is 13.8 Å². The third kappa shape index (κ3) is 2.31. The smallest absolute Gasteiger partial charge is 0.268 e. The van der Waals surface area contributed by atoms with E-state index in [4.69, 9.17) is 4.98 Å². The van der Waals surface area contributed by atoms with Crippen LogP contribution < -0.4 is 10.9 Å². The first-order valence-corrected chi connectivity index (χ1v) is 8.63. The van der Waals surface area contributed by atoms with Crippen molar-refractivity contribution in [2.75, 3.05) is 6.54 Å². The second-order valence-electron chi connectivity index (χ2n) is 6.41. The molecule has 3 aromatic heterocycles. The fourth-order valence-electron chi connectivity index (χ4n) is 3.20. The van der Waals surface area contributed by atoms with Crippen LogP contribution in [0.5, 0.6) is 0 Å². The molecule has 0 amide bonds. The van der Waals surface area contributed by atoms with Gasteiger partial charge >= 0.3 is 0 Å². The number of hydrogen-bond donors (Lipinski definition) is 3. The lowest BCUT2D eigenvalue weighted by Crippen LogP contribution is -2.23. The monoisotopic (exact) mass is 329 g/mol. The highest BCUT2D eigenvalue weighted by atomic mass is 32.1. The Morgan fingerprint density at radius 2 is 2.17 bits per heavy atom. The largest absolute Gasteiger partial charge is 0.308 e. The summed E-state index contributed by atoms with van der Waals surface area (Å²) in [6.45, 7) is 7.35. The minimum absolute atomic E-state index is 0.0593. The number of aromatic amines is 2. The molecular weight excluding hydrogens is 310 g/mol. The highest BCUT2D eigenvalue weighted by molar-refractivity contribution is 7.22. The lowest BCUT2D eigenvalue weighted by molar-refractivity contribution is 0.413. The first-order valence-electron chi connectivity index (χ1n) is 7.82. The second kappa shape index (κ2) is 5.28. The van der Waals surface area contributed by atoms with E-state index in [1.54, 1.807) is 6.20 Å². The number of aromatic nitrogens is 4. The molecule has 3 atom stereocenters. The summed E-state index contributed by atoms with van der Waals surface area (Å²) in [5, 5.41) is 10.5. The van der Waals surface area contributed by atoms with Crippen LogP contribution in [0, 0.1) is 18.8 Å². The summed E-state index contributed by atoms with van der Waals surface area (Å²) in [6.07, 6.45) is 1.79. The Morgan fingerprint density at radius 3 is 2.83 bits per heavy atom. The van der Waals surface area contributed by atoms with E-state index in [2.05, 4.69) is 34.3 Å². The van der Waals surface area contributed by atoms with Crippen molar-refractivity contribution >= 4 is 21.6 Å². The van der Waals surface area contributed by atoms with Crippen LogP contribution in [0.15, 0.2) is 17.1 Å². The fourth-order valence-corrected chi connectivity index (χ4v) is 4.26. The first-order chi connectivity index (χ1) is 11.0. The average molecular weight is 329 g/mol. The maximum Gasteiger partial charge on any atom is 0.268 e. The van der Waals surface area contributed by atoms with Crippen molar-refractivity contribution in [3.05, 3.63) is 34.1 Å². The predicted molar refractivity (Wildman–Crippen MR) is 91.6 cm³/mol. The normalized spacial score (nSPS) is 24.6. The quantitative estimate of drug-likeness (QED) is 0.674. The molecule has 1 aliphatic rings. The second-order valence-corrected chi connectivity index (χ2v) is 7.46. The summed E-state index contributed by atoms with van der Waals surface area (Å²) in [5.74, 6) is 1.77. The minimum atomic E-state index is -0.0593. The molecule has 0 bridgehead atoms. The molecule has 3 N–H and O–H groups in total. The highest BCUT2D eigenvalue weighted by Crippen LogP contribution is 2.34. The zero-order valence-electron chi connectivity index (χ0n) is 13.3. The predicted octanol–water partition coefficient (Wildman–Crippen LogP) is 2.60. The van der Waals surface area contributed by atoms with Gasteiger partial charge in [0.1, 0.15) is 10.5 Å². The Morgan fingerprint density at radius 1 is 1.35 bits per heavy atom. The van der Waals surface area contributed by atoms with Crippen molar-refractivity contribution in [2.45, 2.75) is 26.8 Å². The van der Waals surface area contributed by atoms with E-state index in [-0.39, 0.29) is 11.6 Å². The molecular formula is C16H19N5OS. The summed E-state index contributed by atoms with van der Waals surface area (Å²) < 4.78 is 0.669. The van der Waals surface area contributed by atoms with E-state index >= 15 is 0 Å². The van der Waals surface area contributed by atoms with Crippen LogP contribution in [0.1, 0.15) is 31.4 Å². The maximum atomic E-state index is 12.5. The Kier molecular flexibility index (Phi) is 3.35. The molecule has 23 heavy (non-hydrogen) atoms. The van der Waals surface area contributed by atoms with Crippen molar-refractivity contribution < 1.29 is 0 Å². The molecule has 1 fully saturated rings. The van der Waals surface area contributed by atoms with Crippen molar-refractivity contribution in [2.24, 2.45) is 11.8 Å². The molecule has 3 aromatic rings. The molecule has 0 aromatic carbocycles. The number of rotatable bonds is 2. The zero-order chi connectivity index (χ0) is 16.1. The standard InChI is InChI=1S/C16H19N5OS/c1-7-5-17-13(8(7)2)15-19-11-4-12(10-6-18-21-9(10)3)23-14(11)16(22)20-15/h4,6-8,13,17H,5H2,1-3H3,(H,18,21)(H,19,20,22)/t7-,8?,13?/m0/s1. The zero-order valence-corrected chi connectivity index (χ0v) is 14.1. The van der Waals surface area contributed by atoms with E-state index in [1.165, 1.54) is 11.3 Å². The third-order valence-corrected chi connectivity index (χ3v) is 6.03. The van der Waals surface area contributed by atoms with Gasteiger partial charge in [-0.2, -0.15) is 5.10 Å². The number of nitrogens with one attached hydrogen (secondary N) is 3. The van der Waals surface area contributed by atoms with Gasteiger partial charge in [-0.05, 0) is 31.4 Å². The van der Waals surface area contributed by atoms with E-state index in [0.29, 0.717) is 16.5 Å². The van der Waals surface area contributed by atoms with Gasteiger partial charge in [0.2, 0.25) is 0 Å². The maximum absolute atomic E-state index is 12.5. The summed E-state index contributed by atoms with van der Waals surface area (Å²) in [4.78, 5) is 21.2. The van der Waals surface area contributed by atoms with E-state index in [0.717, 1.165) is 34.0 Å². The van der Waals surface area contributed by atoms with Gasteiger partial charge in [0.25, 0.3) is 5.56 Å². The molecule has 1 aliphatic heterocycles. The topological polar surface area (TPSA) is 86.5 Å². The number of hydrogen-bond acceptors (Lipinski definition) is 5. The van der Waals surface area contributed by atoms with Crippen molar-refractivity contribution in [3.8, 4) is 10.4 Å². The summed E-state index contributed by atoms with van der Waals surface area (Å²) in [5.41, 5.74) is 2.72. The van der Waals surface area contributed by atoms with Gasteiger partial charge in [0, 0.05) is 16.1 Å². The van der Waals surface area contributed by atoms with Crippen LogP contribution in [-0.2, 0) is 0 Å².